The maximum atomic E-state index is 12.7. The molecular weight excluding hydrogens is 446 g/mol. The van der Waals surface area contributed by atoms with Crippen LogP contribution in [-0.2, 0) is 5.41 Å². The second-order valence-electron chi connectivity index (χ2n) is 9.63. The number of anilines is 4. The van der Waals surface area contributed by atoms with Gasteiger partial charge in [0.25, 0.3) is 5.91 Å². The number of pyridine rings is 1. The molecule has 1 aromatic carbocycles. The number of amides is 3. The van der Waals surface area contributed by atoms with E-state index in [1.54, 1.807) is 36.5 Å². The van der Waals surface area contributed by atoms with Gasteiger partial charge < -0.3 is 25.0 Å². The normalized spacial score (nSPS) is 14.5. The van der Waals surface area contributed by atoms with Crippen LogP contribution in [0, 0.1) is 0 Å². The number of piperazine rings is 1. The van der Waals surface area contributed by atoms with Crippen LogP contribution in [0.1, 0.15) is 37.0 Å². The number of carbonyl (C=O) groups is 2. The van der Waals surface area contributed by atoms with Gasteiger partial charge >= 0.3 is 6.03 Å². The molecule has 1 aliphatic rings. The van der Waals surface area contributed by atoms with Crippen molar-refractivity contribution in [3.05, 3.63) is 60.1 Å². The average molecular weight is 478 g/mol. The summed E-state index contributed by atoms with van der Waals surface area (Å²) in [5.41, 5.74) is 2.30. The highest BCUT2D eigenvalue weighted by Crippen LogP contribution is 2.24. The molecule has 10 heteroatoms. The van der Waals surface area contributed by atoms with Gasteiger partial charge in [-0.1, -0.05) is 25.9 Å². The Hall–Kier alpha value is -3.92. The molecule has 0 atom stereocenters. The Bertz CT molecular complexity index is 1180. The van der Waals surface area contributed by atoms with Crippen molar-refractivity contribution in [1.82, 2.24) is 15.0 Å². The minimum Gasteiger partial charge on any atom is -0.369 e. The molecule has 10 nitrogen and oxygen atoms in total. The van der Waals surface area contributed by atoms with Crippen molar-refractivity contribution >= 4 is 34.8 Å². The average Bonchev–Trinajstić information content (AvgIpc) is 3.30. The summed E-state index contributed by atoms with van der Waals surface area (Å²) in [7, 11) is 2.11. The van der Waals surface area contributed by atoms with Gasteiger partial charge in [-0.05, 0) is 43.4 Å². The van der Waals surface area contributed by atoms with E-state index < -0.39 is 6.03 Å². The zero-order valence-corrected chi connectivity index (χ0v) is 20.5. The molecule has 0 aliphatic carbocycles. The van der Waals surface area contributed by atoms with Crippen molar-refractivity contribution in [2.45, 2.75) is 26.2 Å². The summed E-state index contributed by atoms with van der Waals surface area (Å²) in [4.78, 5) is 33.8. The molecule has 2 aromatic heterocycles. The van der Waals surface area contributed by atoms with Gasteiger partial charge in [-0.2, -0.15) is 0 Å². The van der Waals surface area contributed by atoms with Crippen LogP contribution in [0.2, 0.25) is 0 Å². The van der Waals surface area contributed by atoms with Crippen LogP contribution in [0.15, 0.2) is 53.2 Å². The summed E-state index contributed by atoms with van der Waals surface area (Å²) in [5, 5.41) is 12.1. The predicted octanol–water partition coefficient (Wildman–Crippen LogP) is 4.02. The van der Waals surface area contributed by atoms with Crippen molar-refractivity contribution in [1.29, 1.82) is 0 Å². The summed E-state index contributed by atoms with van der Waals surface area (Å²) >= 11 is 0. The summed E-state index contributed by atoms with van der Waals surface area (Å²) in [5.74, 6) is 0.721. The number of aromatic nitrogens is 2. The maximum Gasteiger partial charge on any atom is 0.324 e. The van der Waals surface area contributed by atoms with E-state index in [0.29, 0.717) is 28.6 Å². The molecule has 0 spiro atoms. The third-order valence-corrected chi connectivity index (χ3v) is 5.74. The monoisotopic (exact) mass is 477 g/mol. The lowest BCUT2D eigenvalue weighted by atomic mass is 9.93. The molecule has 0 bridgehead atoms. The lowest BCUT2D eigenvalue weighted by Gasteiger charge is -2.34. The van der Waals surface area contributed by atoms with Gasteiger partial charge in [-0.15, -0.1) is 0 Å². The number of hydrogen-bond donors (Lipinski definition) is 3. The van der Waals surface area contributed by atoms with Gasteiger partial charge in [-0.25, -0.2) is 4.79 Å². The van der Waals surface area contributed by atoms with E-state index in [2.05, 4.69) is 42.9 Å². The number of nitrogens with one attached hydrogen (secondary N) is 3. The molecule has 3 N–H and O–H groups in total. The van der Waals surface area contributed by atoms with Crippen molar-refractivity contribution < 1.29 is 14.1 Å². The van der Waals surface area contributed by atoms with Gasteiger partial charge in [0, 0.05) is 60.9 Å². The van der Waals surface area contributed by atoms with Crippen molar-refractivity contribution in [2.24, 2.45) is 0 Å². The molecule has 184 valence electrons. The number of hydrogen-bond acceptors (Lipinski definition) is 7. The Morgan fingerprint density at radius 1 is 0.914 bits per heavy atom. The van der Waals surface area contributed by atoms with Crippen molar-refractivity contribution in [3.8, 4) is 0 Å². The smallest absolute Gasteiger partial charge is 0.324 e. The standard InChI is InChI=1S/C25H31N7O3/c1-25(2,3)21-16-22(30-35-21)29-24(34)28-18-7-5-17(6-8-18)27-23(33)20-15-19(9-10-26-20)32-13-11-31(4)12-14-32/h5-10,15-16H,11-14H2,1-4H3,(H,27,33)(H2,28,29,30,34). The van der Waals surface area contributed by atoms with Crippen LogP contribution < -0.4 is 20.9 Å². The van der Waals surface area contributed by atoms with E-state index in [1.165, 1.54) is 0 Å². The lowest BCUT2D eigenvalue weighted by Crippen LogP contribution is -2.44. The van der Waals surface area contributed by atoms with Crippen molar-refractivity contribution in [2.75, 3.05) is 54.1 Å². The molecule has 3 heterocycles. The molecular formula is C25H31N7O3. The summed E-state index contributed by atoms with van der Waals surface area (Å²) in [6.45, 7) is 9.79. The van der Waals surface area contributed by atoms with Gasteiger partial charge in [0.15, 0.2) is 5.82 Å². The van der Waals surface area contributed by atoms with E-state index in [1.807, 2.05) is 32.9 Å². The van der Waals surface area contributed by atoms with Crippen LogP contribution in [-0.4, -0.2) is 60.2 Å². The molecule has 0 unspecified atom stereocenters. The minimum absolute atomic E-state index is 0.203. The zero-order chi connectivity index (χ0) is 25.0. The second-order valence-corrected chi connectivity index (χ2v) is 9.63. The maximum absolute atomic E-state index is 12.7. The van der Waals surface area contributed by atoms with E-state index in [-0.39, 0.29) is 11.3 Å². The highest BCUT2D eigenvalue weighted by atomic mass is 16.5. The summed E-state index contributed by atoms with van der Waals surface area (Å²) in [6.07, 6.45) is 1.66. The first-order chi connectivity index (χ1) is 16.7. The molecule has 1 fully saturated rings. The number of benzene rings is 1. The largest absolute Gasteiger partial charge is 0.369 e. The molecule has 0 radical (unpaired) electrons. The molecule has 1 saturated heterocycles. The fourth-order valence-electron chi connectivity index (χ4n) is 3.60. The first-order valence-electron chi connectivity index (χ1n) is 11.5. The second kappa shape index (κ2) is 10.1. The molecule has 4 rings (SSSR count). The van der Waals surface area contributed by atoms with Crippen LogP contribution in [0.5, 0.6) is 0 Å². The number of carbonyl (C=O) groups excluding carboxylic acids is 2. The number of rotatable bonds is 5. The van der Waals surface area contributed by atoms with Gasteiger partial charge in [0.05, 0.1) is 0 Å². The Labute approximate surface area is 204 Å². The molecule has 1 aliphatic heterocycles. The highest BCUT2D eigenvalue weighted by molar-refractivity contribution is 6.03. The molecule has 35 heavy (non-hydrogen) atoms. The zero-order valence-electron chi connectivity index (χ0n) is 20.5. The SMILES string of the molecule is CN1CCN(c2ccnc(C(=O)Nc3ccc(NC(=O)Nc4cc(C(C)(C)C)on4)cc3)c2)CC1. The summed E-state index contributed by atoms with van der Waals surface area (Å²) in [6, 6.07) is 11.8. The fourth-order valence-corrected chi connectivity index (χ4v) is 3.60. The van der Waals surface area contributed by atoms with Crippen molar-refractivity contribution in [3.63, 3.8) is 0 Å². The Morgan fingerprint density at radius 2 is 1.57 bits per heavy atom. The van der Waals surface area contributed by atoms with Gasteiger partial charge in [0.2, 0.25) is 0 Å². The molecule has 0 saturated carbocycles. The van der Waals surface area contributed by atoms with E-state index in [0.717, 1.165) is 31.9 Å². The van der Waals surface area contributed by atoms with Crippen LogP contribution in [0.3, 0.4) is 0 Å². The van der Waals surface area contributed by atoms with Crippen LogP contribution in [0.25, 0.3) is 0 Å². The highest BCUT2D eigenvalue weighted by Gasteiger charge is 2.20. The quantitative estimate of drug-likeness (QED) is 0.508. The van der Waals surface area contributed by atoms with E-state index in [4.69, 9.17) is 4.52 Å². The van der Waals surface area contributed by atoms with Crippen LogP contribution in [0.4, 0.5) is 27.7 Å². The van der Waals surface area contributed by atoms with E-state index in [9.17, 15) is 9.59 Å². The first-order valence-corrected chi connectivity index (χ1v) is 11.5. The van der Waals surface area contributed by atoms with Gasteiger partial charge in [-0.3, -0.25) is 15.1 Å². The fraction of sp³-hybridized carbons (Fsp3) is 0.360. The minimum atomic E-state index is -0.444. The first kappa shape index (κ1) is 24.2. The molecule has 3 amide bonds. The number of likely N-dealkylation sites (N-methyl/N-ethyl adjacent to an activating group) is 1. The number of nitrogens with zero attached hydrogens (tertiary/aromatic N) is 4. The van der Waals surface area contributed by atoms with Gasteiger partial charge in [0.1, 0.15) is 11.5 Å². The lowest BCUT2D eigenvalue weighted by molar-refractivity contribution is 0.102. The third kappa shape index (κ3) is 6.36. The molecule has 3 aromatic rings. The number of urea groups is 1. The van der Waals surface area contributed by atoms with Crippen LogP contribution >= 0.6 is 0 Å². The van der Waals surface area contributed by atoms with E-state index >= 15 is 0 Å². The Kier molecular flexibility index (Phi) is 7.02. The third-order valence-electron chi connectivity index (χ3n) is 5.74. The Morgan fingerprint density at radius 3 is 2.20 bits per heavy atom. The summed E-state index contributed by atoms with van der Waals surface area (Å²) < 4.78 is 5.27. The Balaban J connectivity index is 1.32. The predicted molar refractivity (Wildman–Crippen MR) is 136 cm³/mol. The topological polar surface area (TPSA) is 116 Å².